The second-order valence-electron chi connectivity index (χ2n) is 3.90. The molecule has 0 saturated carbocycles. The van der Waals surface area contributed by atoms with E-state index < -0.39 is 0 Å². The van der Waals surface area contributed by atoms with Crippen LogP contribution in [0.3, 0.4) is 0 Å². The van der Waals surface area contributed by atoms with Gasteiger partial charge in [0.05, 0.1) is 0 Å². The third-order valence-electron chi connectivity index (χ3n) is 2.29. The van der Waals surface area contributed by atoms with Crippen LogP contribution < -0.4 is 0 Å². The summed E-state index contributed by atoms with van der Waals surface area (Å²) in [4.78, 5) is 0. The van der Waals surface area contributed by atoms with Crippen LogP contribution in [0.4, 0.5) is 0 Å². The second-order valence-corrected chi connectivity index (χ2v) is 4.31. The van der Waals surface area contributed by atoms with Gasteiger partial charge in [-0.15, -0.1) is 0 Å². The van der Waals surface area contributed by atoms with E-state index in [0.29, 0.717) is 0 Å². The Morgan fingerprint density at radius 3 is 1.33 bits per heavy atom. The molecule has 0 nitrogen and oxygen atoms in total. The maximum atomic E-state index is 5.71. The Labute approximate surface area is 117 Å². The van der Waals surface area contributed by atoms with Gasteiger partial charge in [0.1, 0.15) is 0 Å². The lowest BCUT2D eigenvalue weighted by Gasteiger charge is -1.90. The SMILES string of the molecule is CC.Cc1ccc(C)cc1.Cc1ccccc1Cl. The minimum absolute atomic E-state index is 0.840. The summed E-state index contributed by atoms with van der Waals surface area (Å²) in [5.74, 6) is 0. The second kappa shape index (κ2) is 9.73. The summed E-state index contributed by atoms with van der Waals surface area (Å²) < 4.78 is 0. The lowest BCUT2D eigenvalue weighted by molar-refractivity contribution is 1.40. The molecule has 0 aliphatic heterocycles. The Balaban J connectivity index is 0.000000283. The van der Waals surface area contributed by atoms with Crippen molar-refractivity contribution in [3.63, 3.8) is 0 Å². The van der Waals surface area contributed by atoms with E-state index >= 15 is 0 Å². The summed E-state index contributed by atoms with van der Waals surface area (Å²) in [5, 5.41) is 0.840. The Morgan fingerprint density at radius 1 is 0.667 bits per heavy atom. The van der Waals surface area contributed by atoms with Crippen molar-refractivity contribution < 1.29 is 0 Å². The molecule has 2 aromatic rings. The van der Waals surface area contributed by atoms with Gasteiger partial charge >= 0.3 is 0 Å². The van der Waals surface area contributed by atoms with Gasteiger partial charge < -0.3 is 0 Å². The van der Waals surface area contributed by atoms with E-state index in [9.17, 15) is 0 Å². The van der Waals surface area contributed by atoms with Crippen molar-refractivity contribution in [1.29, 1.82) is 0 Å². The highest BCUT2D eigenvalue weighted by Crippen LogP contribution is 2.11. The number of hydrogen-bond acceptors (Lipinski definition) is 0. The molecule has 18 heavy (non-hydrogen) atoms. The van der Waals surface area contributed by atoms with Gasteiger partial charge in [0.2, 0.25) is 0 Å². The summed E-state index contributed by atoms with van der Waals surface area (Å²) in [5.41, 5.74) is 3.79. The first-order chi connectivity index (χ1) is 8.59. The number of halogens is 1. The highest BCUT2D eigenvalue weighted by molar-refractivity contribution is 6.31. The van der Waals surface area contributed by atoms with E-state index in [4.69, 9.17) is 11.6 Å². The van der Waals surface area contributed by atoms with Crippen LogP contribution in [0.15, 0.2) is 48.5 Å². The zero-order valence-corrected chi connectivity index (χ0v) is 12.8. The molecule has 0 aromatic heterocycles. The van der Waals surface area contributed by atoms with Crippen LogP contribution in [0, 0.1) is 20.8 Å². The zero-order valence-electron chi connectivity index (χ0n) is 12.0. The summed E-state index contributed by atoms with van der Waals surface area (Å²) >= 11 is 5.71. The van der Waals surface area contributed by atoms with E-state index in [1.54, 1.807) is 0 Å². The molecule has 0 atom stereocenters. The third-order valence-corrected chi connectivity index (χ3v) is 2.72. The van der Waals surface area contributed by atoms with Crippen molar-refractivity contribution in [1.82, 2.24) is 0 Å². The molecule has 0 amide bonds. The van der Waals surface area contributed by atoms with Crippen LogP contribution >= 0.6 is 11.6 Å². The molecule has 0 heterocycles. The number of benzene rings is 2. The fraction of sp³-hybridized carbons (Fsp3) is 0.294. The lowest BCUT2D eigenvalue weighted by Crippen LogP contribution is -1.70. The van der Waals surface area contributed by atoms with Crippen LogP contribution in [0.1, 0.15) is 30.5 Å². The lowest BCUT2D eigenvalue weighted by atomic mass is 10.2. The Bertz CT molecular complexity index is 388. The van der Waals surface area contributed by atoms with Crippen LogP contribution in [0.5, 0.6) is 0 Å². The van der Waals surface area contributed by atoms with Gasteiger partial charge in [-0.25, -0.2) is 0 Å². The molecule has 0 N–H and O–H groups in total. The smallest absolute Gasteiger partial charge is 0.0435 e. The van der Waals surface area contributed by atoms with Gasteiger partial charge in [-0.1, -0.05) is 79.0 Å². The van der Waals surface area contributed by atoms with Gasteiger partial charge in [0, 0.05) is 5.02 Å². The van der Waals surface area contributed by atoms with Crippen LogP contribution in [-0.4, -0.2) is 0 Å². The number of aryl methyl sites for hydroxylation is 3. The maximum Gasteiger partial charge on any atom is 0.0435 e. The topological polar surface area (TPSA) is 0 Å². The zero-order chi connectivity index (χ0) is 14.0. The molecule has 0 bridgehead atoms. The third kappa shape index (κ3) is 7.13. The van der Waals surface area contributed by atoms with Gasteiger partial charge in [0.25, 0.3) is 0 Å². The standard InChI is InChI=1S/C8H10.C7H7Cl.C2H6/c1-7-3-5-8(2)6-4-7;1-6-4-2-3-5-7(6)8;1-2/h3-6H,1-2H3;2-5H,1H3;1-2H3. The molecule has 0 radical (unpaired) electrons. The summed E-state index contributed by atoms with van der Waals surface area (Å²) in [7, 11) is 0. The van der Waals surface area contributed by atoms with E-state index in [0.717, 1.165) is 10.6 Å². The molecule has 0 fully saturated rings. The van der Waals surface area contributed by atoms with Crippen LogP contribution in [-0.2, 0) is 0 Å². The van der Waals surface area contributed by atoms with Gasteiger partial charge in [-0.05, 0) is 32.4 Å². The van der Waals surface area contributed by atoms with Crippen molar-refractivity contribution in [2.75, 3.05) is 0 Å². The Morgan fingerprint density at radius 2 is 1.06 bits per heavy atom. The number of hydrogen-bond donors (Lipinski definition) is 0. The molecule has 1 heteroatoms. The van der Waals surface area contributed by atoms with Crippen LogP contribution in [0.2, 0.25) is 5.02 Å². The minimum Gasteiger partial charge on any atom is -0.0841 e. The molecule has 2 aromatic carbocycles. The largest absolute Gasteiger partial charge is 0.0841 e. The summed E-state index contributed by atoms with van der Waals surface area (Å²) in [6.45, 7) is 10.2. The summed E-state index contributed by atoms with van der Waals surface area (Å²) in [6.07, 6.45) is 0. The molecule has 0 aliphatic carbocycles. The predicted molar refractivity (Wildman–Crippen MR) is 83.5 cm³/mol. The Kier molecular flexibility index (Phi) is 9.04. The molecule has 0 saturated heterocycles. The predicted octanol–water partition coefficient (Wildman–Crippen LogP) is 5.98. The van der Waals surface area contributed by atoms with Gasteiger partial charge in [-0.3, -0.25) is 0 Å². The summed E-state index contributed by atoms with van der Waals surface area (Å²) in [6, 6.07) is 16.3. The van der Waals surface area contributed by atoms with Gasteiger partial charge in [0.15, 0.2) is 0 Å². The fourth-order valence-corrected chi connectivity index (χ4v) is 1.32. The first-order valence-corrected chi connectivity index (χ1v) is 6.72. The average Bonchev–Trinajstić information content (AvgIpc) is 2.40. The minimum atomic E-state index is 0.840. The van der Waals surface area contributed by atoms with Crippen molar-refractivity contribution in [3.05, 3.63) is 70.2 Å². The average molecular weight is 263 g/mol. The molecule has 98 valence electrons. The molecular formula is C17H23Cl. The highest BCUT2D eigenvalue weighted by atomic mass is 35.5. The molecule has 2 rings (SSSR count). The number of rotatable bonds is 0. The van der Waals surface area contributed by atoms with Crippen molar-refractivity contribution >= 4 is 11.6 Å². The van der Waals surface area contributed by atoms with E-state index in [-0.39, 0.29) is 0 Å². The van der Waals surface area contributed by atoms with E-state index in [1.807, 2.05) is 45.0 Å². The molecule has 0 unspecified atom stereocenters. The van der Waals surface area contributed by atoms with E-state index in [2.05, 4.69) is 38.1 Å². The molecule has 0 aliphatic rings. The van der Waals surface area contributed by atoms with Crippen molar-refractivity contribution in [3.8, 4) is 0 Å². The fourth-order valence-electron chi connectivity index (χ4n) is 1.19. The monoisotopic (exact) mass is 262 g/mol. The first kappa shape index (κ1) is 16.7. The first-order valence-electron chi connectivity index (χ1n) is 6.34. The maximum absolute atomic E-state index is 5.71. The van der Waals surface area contributed by atoms with Crippen LogP contribution in [0.25, 0.3) is 0 Å². The van der Waals surface area contributed by atoms with Crippen molar-refractivity contribution in [2.45, 2.75) is 34.6 Å². The molecular weight excluding hydrogens is 240 g/mol. The van der Waals surface area contributed by atoms with Crippen molar-refractivity contribution in [2.24, 2.45) is 0 Å². The molecule has 0 spiro atoms. The normalized spacial score (nSPS) is 8.56. The highest BCUT2D eigenvalue weighted by Gasteiger charge is 1.86. The Hall–Kier alpha value is -1.27. The van der Waals surface area contributed by atoms with E-state index in [1.165, 1.54) is 11.1 Å². The quantitative estimate of drug-likeness (QED) is 0.548. The van der Waals surface area contributed by atoms with Gasteiger partial charge in [-0.2, -0.15) is 0 Å².